The Labute approximate surface area is 101 Å². The van der Waals surface area contributed by atoms with Crippen LogP contribution in [0.1, 0.15) is 50.7 Å². The molecule has 0 radical (unpaired) electrons. The normalized spacial score (nSPS) is 12.4. The molecule has 17 heavy (non-hydrogen) atoms. The Morgan fingerprint density at radius 1 is 1.29 bits per heavy atom. The molecule has 0 aliphatic rings. The van der Waals surface area contributed by atoms with Crippen molar-refractivity contribution in [3.63, 3.8) is 0 Å². The molecule has 0 spiro atoms. The van der Waals surface area contributed by atoms with Crippen molar-refractivity contribution in [2.24, 2.45) is 0 Å². The van der Waals surface area contributed by atoms with Crippen LogP contribution >= 0.6 is 0 Å². The topological polar surface area (TPSA) is 63.4 Å². The zero-order valence-corrected chi connectivity index (χ0v) is 10.1. The molecule has 0 aliphatic heterocycles. The Bertz CT molecular complexity index is 365. The second kappa shape index (κ2) is 7.01. The predicted molar refractivity (Wildman–Crippen MR) is 66.8 cm³/mol. The third-order valence-electron chi connectivity index (χ3n) is 2.82. The van der Waals surface area contributed by atoms with Crippen LogP contribution in [0.15, 0.2) is 24.3 Å². The summed E-state index contributed by atoms with van der Waals surface area (Å²) in [6.07, 6.45) is 4.11. The maximum atomic E-state index is 10.8. The molecule has 0 amide bonds. The first-order valence-electron chi connectivity index (χ1n) is 6.08. The summed E-state index contributed by atoms with van der Waals surface area (Å²) in [7, 11) is 0. The van der Waals surface area contributed by atoms with E-state index in [-0.39, 0.29) is 5.69 Å². The van der Waals surface area contributed by atoms with E-state index in [1.807, 2.05) is 0 Å². The van der Waals surface area contributed by atoms with Gasteiger partial charge >= 0.3 is 0 Å². The van der Waals surface area contributed by atoms with Gasteiger partial charge in [0.15, 0.2) is 0 Å². The van der Waals surface area contributed by atoms with Crippen LogP contribution in [0.25, 0.3) is 0 Å². The van der Waals surface area contributed by atoms with Crippen molar-refractivity contribution >= 4 is 5.69 Å². The average Bonchev–Trinajstić information content (AvgIpc) is 2.34. The van der Waals surface area contributed by atoms with E-state index >= 15 is 0 Å². The van der Waals surface area contributed by atoms with Gasteiger partial charge in [0.25, 0.3) is 5.69 Å². The van der Waals surface area contributed by atoms with E-state index in [2.05, 4.69) is 6.92 Å². The minimum Gasteiger partial charge on any atom is -0.388 e. The van der Waals surface area contributed by atoms with Gasteiger partial charge in [0, 0.05) is 6.07 Å². The smallest absolute Gasteiger partial charge is 0.275 e. The molecule has 0 saturated heterocycles. The lowest BCUT2D eigenvalue weighted by Crippen LogP contribution is -2.02. The number of aliphatic hydroxyl groups is 1. The minimum atomic E-state index is -0.728. The number of unbranched alkanes of at least 4 members (excludes halogenated alkanes) is 3. The third-order valence-corrected chi connectivity index (χ3v) is 2.82. The predicted octanol–water partition coefficient (Wildman–Crippen LogP) is 3.60. The maximum Gasteiger partial charge on any atom is 0.275 e. The van der Waals surface area contributed by atoms with Gasteiger partial charge in [-0.05, 0) is 12.5 Å². The van der Waals surface area contributed by atoms with Gasteiger partial charge in [-0.1, -0.05) is 44.7 Å². The third kappa shape index (κ3) is 4.15. The monoisotopic (exact) mass is 237 g/mol. The summed E-state index contributed by atoms with van der Waals surface area (Å²) in [6, 6.07) is 6.40. The molecule has 1 atom stereocenters. The SMILES string of the molecule is CCCCCC[C@H](O)c1ccccc1[N+](=O)[O-]. The van der Waals surface area contributed by atoms with E-state index < -0.39 is 11.0 Å². The first-order valence-corrected chi connectivity index (χ1v) is 6.08. The Balaban J connectivity index is 2.62. The van der Waals surface area contributed by atoms with Gasteiger partial charge in [-0.15, -0.1) is 0 Å². The molecule has 0 fully saturated rings. The summed E-state index contributed by atoms with van der Waals surface area (Å²) in [5.74, 6) is 0. The second-order valence-electron chi connectivity index (χ2n) is 4.18. The molecule has 0 heterocycles. The highest BCUT2D eigenvalue weighted by Gasteiger charge is 2.18. The number of benzene rings is 1. The van der Waals surface area contributed by atoms with Crippen molar-refractivity contribution in [3.8, 4) is 0 Å². The Morgan fingerprint density at radius 3 is 2.65 bits per heavy atom. The molecule has 0 aliphatic carbocycles. The Hall–Kier alpha value is -1.42. The number of hydrogen-bond acceptors (Lipinski definition) is 3. The number of para-hydroxylation sites is 1. The van der Waals surface area contributed by atoms with E-state index in [1.54, 1.807) is 18.2 Å². The van der Waals surface area contributed by atoms with Gasteiger partial charge in [0.1, 0.15) is 0 Å². The molecule has 94 valence electrons. The standard InChI is InChI=1S/C13H19NO3/c1-2-3-4-5-10-13(15)11-8-6-7-9-12(11)14(16)17/h6-9,13,15H,2-5,10H2,1H3/t13-/m0/s1. The lowest BCUT2D eigenvalue weighted by Gasteiger charge is -2.10. The number of hydrogen-bond donors (Lipinski definition) is 1. The quantitative estimate of drug-likeness (QED) is 0.447. The van der Waals surface area contributed by atoms with Gasteiger partial charge in [-0.3, -0.25) is 10.1 Å². The van der Waals surface area contributed by atoms with Crippen LogP contribution in [0.2, 0.25) is 0 Å². The first-order chi connectivity index (χ1) is 8.16. The summed E-state index contributed by atoms with van der Waals surface area (Å²) < 4.78 is 0. The second-order valence-corrected chi connectivity index (χ2v) is 4.18. The fourth-order valence-corrected chi connectivity index (χ4v) is 1.86. The summed E-state index contributed by atoms with van der Waals surface area (Å²) in [5.41, 5.74) is 0.435. The van der Waals surface area contributed by atoms with Gasteiger partial charge < -0.3 is 5.11 Å². The highest BCUT2D eigenvalue weighted by molar-refractivity contribution is 5.41. The van der Waals surface area contributed by atoms with Crippen molar-refractivity contribution in [2.75, 3.05) is 0 Å². The van der Waals surface area contributed by atoms with E-state index in [0.29, 0.717) is 12.0 Å². The van der Waals surface area contributed by atoms with Crippen LogP contribution in [0.4, 0.5) is 5.69 Å². The van der Waals surface area contributed by atoms with Gasteiger partial charge in [0.05, 0.1) is 16.6 Å². The van der Waals surface area contributed by atoms with Gasteiger partial charge in [0.2, 0.25) is 0 Å². The molecule has 0 saturated carbocycles. The van der Waals surface area contributed by atoms with Crippen LogP contribution in [-0.4, -0.2) is 10.0 Å². The van der Waals surface area contributed by atoms with Gasteiger partial charge in [-0.25, -0.2) is 0 Å². The number of nitrogens with zero attached hydrogens (tertiary/aromatic N) is 1. The summed E-state index contributed by atoms with van der Waals surface area (Å²) in [6.45, 7) is 2.12. The molecule has 1 aromatic carbocycles. The molecule has 1 rings (SSSR count). The first kappa shape index (κ1) is 13.6. The summed E-state index contributed by atoms with van der Waals surface area (Å²) in [4.78, 5) is 10.4. The minimum absolute atomic E-state index is 0.00971. The zero-order valence-electron chi connectivity index (χ0n) is 10.1. The number of nitro groups is 1. The summed E-state index contributed by atoms with van der Waals surface area (Å²) in [5, 5.41) is 20.7. The van der Waals surface area contributed by atoms with Crippen molar-refractivity contribution < 1.29 is 10.0 Å². The van der Waals surface area contributed by atoms with Crippen LogP contribution in [0.5, 0.6) is 0 Å². The van der Waals surface area contributed by atoms with Gasteiger partial charge in [-0.2, -0.15) is 0 Å². The lowest BCUT2D eigenvalue weighted by atomic mass is 10.0. The zero-order chi connectivity index (χ0) is 12.7. The van der Waals surface area contributed by atoms with Crippen LogP contribution in [0, 0.1) is 10.1 Å². The highest BCUT2D eigenvalue weighted by atomic mass is 16.6. The van der Waals surface area contributed by atoms with E-state index in [9.17, 15) is 15.2 Å². The number of nitro benzene ring substituents is 1. The van der Waals surface area contributed by atoms with Crippen molar-refractivity contribution in [2.45, 2.75) is 45.1 Å². The highest BCUT2D eigenvalue weighted by Crippen LogP contribution is 2.28. The molecule has 0 unspecified atom stereocenters. The van der Waals surface area contributed by atoms with Crippen LogP contribution in [0.3, 0.4) is 0 Å². The molecule has 1 N–H and O–H groups in total. The lowest BCUT2D eigenvalue weighted by molar-refractivity contribution is -0.386. The van der Waals surface area contributed by atoms with E-state index in [1.165, 1.54) is 6.07 Å². The van der Waals surface area contributed by atoms with Crippen LogP contribution in [-0.2, 0) is 0 Å². The molecular weight excluding hydrogens is 218 g/mol. The van der Waals surface area contributed by atoms with Crippen LogP contribution < -0.4 is 0 Å². The molecule has 1 aromatic rings. The fraction of sp³-hybridized carbons (Fsp3) is 0.538. The molecule has 4 nitrogen and oxygen atoms in total. The summed E-state index contributed by atoms with van der Waals surface area (Å²) >= 11 is 0. The molecular formula is C13H19NO3. The van der Waals surface area contributed by atoms with E-state index in [0.717, 1.165) is 25.7 Å². The number of rotatable bonds is 7. The Kier molecular flexibility index (Phi) is 5.63. The van der Waals surface area contributed by atoms with Crippen molar-refractivity contribution in [1.29, 1.82) is 0 Å². The van der Waals surface area contributed by atoms with Crippen molar-refractivity contribution in [1.82, 2.24) is 0 Å². The molecule has 0 bridgehead atoms. The van der Waals surface area contributed by atoms with E-state index in [4.69, 9.17) is 0 Å². The van der Waals surface area contributed by atoms with Crippen molar-refractivity contribution in [3.05, 3.63) is 39.9 Å². The maximum absolute atomic E-state index is 10.8. The molecule has 0 aromatic heterocycles. The fourth-order valence-electron chi connectivity index (χ4n) is 1.86. The Morgan fingerprint density at radius 2 is 2.00 bits per heavy atom. The average molecular weight is 237 g/mol. The number of aliphatic hydroxyl groups excluding tert-OH is 1. The largest absolute Gasteiger partial charge is 0.388 e. The molecule has 4 heteroatoms.